The molecule has 19 heavy (non-hydrogen) atoms. The topological polar surface area (TPSA) is 76.7 Å². The van der Waals surface area contributed by atoms with Gasteiger partial charge in [0.15, 0.2) is 0 Å². The average molecular weight is 277 g/mol. The van der Waals surface area contributed by atoms with Gasteiger partial charge in [0.2, 0.25) is 0 Å². The first-order valence-corrected chi connectivity index (χ1v) is 7.26. The van der Waals surface area contributed by atoms with Crippen LogP contribution in [0.2, 0.25) is 0 Å². The number of nitrogen functional groups attached to an aromatic ring is 1. The van der Waals surface area contributed by atoms with Crippen molar-refractivity contribution in [2.75, 3.05) is 11.1 Å². The Labute approximate surface area is 117 Å². The van der Waals surface area contributed by atoms with Crippen LogP contribution in [0.15, 0.2) is 5.38 Å². The van der Waals surface area contributed by atoms with Gasteiger partial charge in [-0.25, -0.2) is 15.0 Å². The van der Waals surface area contributed by atoms with Gasteiger partial charge < -0.3 is 11.1 Å². The summed E-state index contributed by atoms with van der Waals surface area (Å²) in [4.78, 5) is 13.2. The van der Waals surface area contributed by atoms with Crippen LogP contribution in [0.5, 0.6) is 0 Å². The smallest absolute Gasteiger partial charge is 0.135 e. The number of hydrogen-bond donors (Lipinski definition) is 2. The molecule has 0 fully saturated rings. The Morgan fingerprint density at radius 3 is 2.68 bits per heavy atom. The number of aromatic nitrogens is 3. The number of anilines is 2. The molecular formula is C13H19N5S. The molecule has 2 heterocycles. The van der Waals surface area contributed by atoms with Crippen molar-refractivity contribution in [3.05, 3.63) is 27.5 Å². The Morgan fingerprint density at radius 1 is 1.26 bits per heavy atom. The lowest BCUT2D eigenvalue weighted by molar-refractivity contribution is 0.833. The molecule has 0 spiro atoms. The van der Waals surface area contributed by atoms with E-state index in [1.165, 1.54) is 0 Å². The van der Waals surface area contributed by atoms with Crippen molar-refractivity contribution in [1.82, 2.24) is 15.0 Å². The third-order valence-corrected chi connectivity index (χ3v) is 3.74. The van der Waals surface area contributed by atoms with E-state index >= 15 is 0 Å². The normalized spacial score (nSPS) is 10.7. The second-order valence-electron chi connectivity index (χ2n) is 4.48. The molecule has 5 nitrogen and oxygen atoms in total. The van der Waals surface area contributed by atoms with Crippen LogP contribution >= 0.6 is 11.3 Å². The van der Waals surface area contributed by atoms with Crippen molar-refractivity contribution in [2.24, 2.45) is 0 Å². The Hall–Kier alpha value is -1.69. The number of nitrogens with two attached hydrogens (primary N) is 1. The van der Waals surface area contributed by atoms with E-state index < -0.39 is 0 Å². The van der Waals surface area contributed by atoms with Gasteiger partial charge in [0, 0.05) is 23.1 Å². The van der Waals surface area contributed by atoms with Gasteiger partial charge in [-0.1, -0.05) is 6.92 Å². The molecule has 0 aliphatic carbocycles. The molecular weight excluding hydrogens is 258 g/mol. The second kappa shape index (κ2) is 5.97. The molecule has 0 unspecified atom stereocenters. The molecule has 2 rings (SSSR count). The number of rotatable bonds is 5. The summed E-state index contributed by atoms with van der Waals surface area (Å²) in [6.45, 7) is 6.69. The van der Waals surface area contributed by atoms with Crippen LogP contribution < -0.4 is 11.1 Å². The maximum absolute atomic E-state index is 5.92. The Bertz CT molecular complexity index is 564. The van der Waals surface area contributed by atoms with Crippen LogP contribution in [0.4, 0.5) is 11.6 Å². The van der Waals surface area contributed by atoms with Crippen LogP contribution in [0, 0.1) is 13.8 Å². The van der Waals surface area contributed by atoms with Gasteiger partial charge in [0.05, 0.1) is 6.54 Å². The molecule has 2 aromatic rings. The Balaban J connectivity index is 2.14. The number of hydrogen-bond acceptors (Lipinski definition) is 6. The summed E-state index contributed by atoms with van der Waals surface area (Å²) in [6, 6.07) is 0. The lowest BCUT2D eigenvalue weighted by atomic mass is 10.2. The molecule has 0 amide bonds. The van der Waals surface area contributed by atoms with Crippen molar-refractivity contribution >= 4 is 23.0 Å². The van der Waals surface area contributed by atoms with Crippen LogP contribution in [0.25, 0.3) is 0 Å². The van der Waals surface area contributed by atoms with E-state index in [2.05, 4.69) is 27.2 Å². The highest BCUT2D eigenvalue weighted by atomic mass is 32.1. The third-order valence-electron chi connectivity index (χ3n) is 2.78. The monoisotopic (exact) mass is 277 g/mol. The van der Waals surface area contributed by atoms with Crippen LogP contribution in [-0.4, -0.2) is 15.0 Å². The van der Waals surface area contributed by atoms with E-state index in [0.29, 0.717) is 12.4 Å². The van der Waals surface area contributed by atoms with E-state index in [-0.39, 0.29) is 0 Å². The van der Waals surface area contributed by atoms with Crippen molar-refractivity contribution in [3.8, 4) is 0 Å². The fraction of sp³-hybridized carbons (Fsp3) is 0.462. The summed E-state index contributed by atoms with van der Waals surface area (Å²) in [5.74, 6) is 2.16. The van der Waals surface area contributed by atoms with Crippen molar-refractivity contribution in [2.45, 2.75) is 40.2 Å². The largest absolute Gasteiger partial charge is 0.383 e. The minimum Gasteiger partial charge on any atom is -0.383 e. The number of nitrogens with one attached hydrogen (secondary N) is 1. The van der Waals surface area contributed by atoms with Crippen molar-refractivity contribution < 1.29 is 0 Å². The van der Waals surface area contributed by atoms with Crippen molar-refractivity contribution in [3.63, 3.8) is 0 Å². The highest BCUT2D eigenvalue weighted by Gasteiger charge is 2.08. The van der Waals surface area contributed by atoms with Gasteiger partial charge in [0.1, 0.15) is 22.5 Å². The average Bonchev–Trinajstić information content (AvgIpc) is 2.78. The summed E-state index contributed by atoms with van der Waals surface area (Å²) in [5.41, 5.74) is 7.87. The molecule has 0 saturated carbocycles. The number of aryl methyl sites for hydroxylation is 2. The molecule has 0 atom stereocenters. The second-order valence-corrected chi connectivity index (χ2v) is 5.43. The van der Waals surface area contributed by atoms with Gasteiger partial charge in [-0.15, -0.1) is 11.3 Å². The van der Waals surface area contributed by atoms with Gasteiger partial charge in [-0.2, -0.15) is 0 Å². The standard InChI is InChI=1S/C13H19N5S/c1-4-5-10-17-12(14)9(3)13(18-10)15-6-11-16-8(2)7-19-11/h7H,4-6H2,1-3H3,(H3,14,15,17,18). The van der Waals surface area contributed by atoms with Crippen LogP contribution in [-0.2, 0) is 13.0 Å². The molecule has 0 aromatic carbocycles. The van der Waals surface area contributed by atoms with Crippen LogP contribution in [0.1, 0.15) is 35.4 Å². The first kappa shape index (κ1) is 13.7. The zero-order chi connectivity index (χ0) is 13.8. The molecule has 0 aliphatic rings. The number of thiazole rings is 1. The van der Waals surface area contributed by atoms with E-state index in [0.717, 1.165) is 40.7 Å². The molecule has 102 valence electrons. The summed E-state index contributed by atoms with van der Waals surface area (Å²) in [6.07, 6.45) is 1.85. The molecule has 0 aliphatic heterocycles. The Morgan fingerprint density at radius 2 is 2.05 bits per heavy atom. The van der Waals surface area contributed by atoms with Gasteiger partial charge in [0.25, 0.3) is 0 Å². The van der Waals surface area contributed by atoms with Crippen LogP contribution in [0.3, 0.4) is 0 Å². The van der Waals surface area contributed by atoms with E-state index in [1.807, 2.05) is 19.2 Å². The van der Waals surface area contributed by atoms with Gasteiger partial charge >= 0.3 is 0 Å². The number of nitrogens with zero attached hydrogens (tertiary/aromatic N) is 3. The molecule has 2 aromatic heterocycles. The van der Waals surface area contributed by atoms with E-state index in [4.69, 9.17) is 5.73 Å². The third kappa shape index (κ3) is 3.41. The maximum Gasteiger partial charge on any atom is 0.135 e. The summed E-state index contributed by atoms with van der Waals surface area (Å²) < 4.78 is 0. The summed E-state index contributed by atoms with van der Waals surface area (Å²) in [7, 11) is 0. The van der Waals surface area contributed by atoms with Gasteiger partial charge in [-0.05, 0) is 20.3 Å². The fourth-order valence-electron chi connectivity index (χ4n) is 1.73. The first-order chi connectivity index (χ1) is 9.10. The molecule has 3 N–H and O–H groups in total. The lowest BCUT2D eigenvalue weighted by Crippen LogP contribution is -2.09. The predicted molar refractivity (Wildman–Crippen MR) is 79.4 cm³/mol. The summed E-state index contributed by atoms with van der Waals surface area (Å²) >= 11 is 1.65. The lowest BCUT2D eigenvalue weighted by Gasteiger charge is -2.10. The SMILES string of the molecule is CCCc1nc(N)c(C)c(NCc2nc(C)cs2)n1. The molecule has 6 heteroatoms. The zero-order valence-electron chi connectivity index (χ0n) is 11.5. The van der Waals surface area contributed by atoms with Gasteiger partial charge in [-0.3, -0.25) is 0 Å². The quantitative estimate of drug-likeness (QED) is 0.878. The molecule has 0 bridgehead atoms. The maximum atomic E-state index is 5.92. The molecule has 0 saturated heterocycles. The fourth-order valence-corrected chi connectivity index (χ4v) is 2.44. The minimum atomic E-state index is 0.552. The summed E-state index contributed by atoms with van der Waals surface area (Å²) in [5, 5.41) is 6.39. The predicted octanol–water partition coefficient (Wildman–Crippen LogP) is 2.70. The minimum absolute atomic E-state index is 0.552. The molecule has 0 radical (unpaired) electrons. The highest BCUT2D eigenvalue weighted by molar-refractivity contribution is 7.09. The zero-order valence-corrected chi connectivity index (χ0v) is 12.3. The van der Waals surface area contributed by atoms with E-state index in [9.17, 15) is 0 Å². The Kier molecular flexibility index (Phi) is 4.31. The van der Waals surface area contributed by atoms with E-state index in [1.54, 1.807) is 11.3 Å². The van der Waals surface area contributed by atoms with Crippen molar-refractivity contribution in [1.29, 1.82) is 0 Å². The highest BCUT2D eigenvalue weighted by Crippen LogP contribution is 2.19. The first-order valence-electron chi connectivity index (χ1n) is 6.38.